The van der Waals surface area contributed by atoms with Crippen molar-refractivity contribution >= 4 is 24.2 Å². The number of thiol groups is 1. The molecule has 0 radical (unpaired) electrons. The van der Waals surface area contributed by atoms with Crippen LogP contribution < -0.4 is 0 Å². The van der Waals surface area contributed by atoms with Crippen LogP contribution in [0.25, 0.3) is 0 Å². The summed E-state index contributed by atoms with van der Waals surface area (Å²) in [7, 11) is 0. The smallest absolute Gasteiger partial charge is 0.0763 e. The molecule has 0 saturated heterocycles. The average Bonchev–Trinajstić information content (AvgIpc) is 1.65. The Hall–Kier alpha value is 0.600. The van der Waals surface area contributed by atoms with Crippen LogP contribution in [0.15, 0.2) is 0 Å². The van der Waals surface area contributed by atoms with Crippen molar-refractivity contribution in [3.8, 4) is 0 Å². The van der Waals surface area contributed by atoms with E-state index in [9.17, 15) is 0 Å². The van der Waals surface area contributed by atoms with Crippen molar-refractivity contribution in [2.75, 3.05) is 11.6 Å². The lowest BCUT2D eigenvalue weighted by Gasteiger charge is -1.96. The first-order valence-corrected chi connectivity index (χ1v) is 2.83. The molecule has 1 N–H and O–H groups in total. The zero-order valence-electron chi connectivity index (χ0n) is 3.26. The maximum atomic E-state index is 8.46. The van der Waals surface area contributed by atoms with Crippen molar-refractivity contribution in [3.05, 3.63) is 0 Å². The summed E-state index contributed by atoms with van der Waals surface area (Å²) in [4.78, 5) is 0. The highest BCUT2D eigenvalue weighted by Gasteiger charge is 1.93. The number of aliphatic hydroxyl groups is 1. The molecule has 0 aliphatic heterocycles. The van der Waals surface area contributed by atoms with E-state index in [1.165, 1.54) is 0 Å². The maximum Gasteiger partial charge on any atom is 0.0763 e. The Morgan fingerprint density at radius 2 is 2.33 bits per heavy atom. The van der Waals surface area contributed by atoms with E-state index in [4.69, 9.17) is 16.7 Å². The van der Waals surface area contributed by atoms with Crippen molar-refractivity contribution in [1.29, 1.82) is 0 Å². The number of halogens is 1. The van der Waals surface area contributed by atoms with Gasteiger partial charge in [0.15, 0.2) is 0 Å². The molecular weight excluding hydrogens is 120 g/mol. The molecule has 0 amide bonds. The van der Waals surface area contributed by atoms with Crippen molar-refractivity contribution in [1.82, 2.24) is 0 Å². The standard InChI is InChI=1S/C3H7ClOS/c4-1-3(5)2-6/h3,5-6H,1-2H2/t3-/m1/s1. The van der Waals surface area contributed by atoms with Gasteiger partial charge in [-0.05, 0) is 0 Å². The molecule has 0 heterocycles. The van der Waals surface area contributed by atoms with Gasteiger partial charge >= 0.3 is 0 Å². The second kappa shape index (κ2) is 3.78. The third-order valence-corrected chi connectivity index (χ3v) is 1.17. The second-order valence-electron chi connectivity index (χ2n) is 0.991. The van der Waals surface area contributed by atoms with Gasteiger partial charge in [0, 0.05) is 11.6 Å². The molecule has 0 aromatic carbocycles. The fraction of sp³-hybridized carbons (Fsp3) is 1.00. The van der Waals surface area contributed by atoms with Gasteiger partial charge in [-0.15, -0.1) is 11.6 Å². The summed E-state index contributed by atoms with van der Waals surface area (Å²) in [6.45, 7) is 0. The zero-order chi connectivity index (χ0) is 4.99. The topological polar surface area (TPSA) is 20.2 Å². The molecule has 0 saturated carbocycles. The van der Waals surface area contributed by atoms with Gasteiger partial charge in [0.05, 0.1) is 6.10 Å². The Labute approximate surface area is 47.7 Å². The van der Waals surface area contributed by atoms with E-state index in [1.807, 2.05) is 0 Å². The number of hydrogen-bond donors (Lipinski definition) is 2. The molecule has 38 valence electrons. The van der Waals surface area contributed by atoms with Gasteiger partial charge in [-0.2, -0.15) is 12.6 Å². The predicted octanol–water partition coefficient (Wildman–Crippen LogP) is 0.516. The predicted molar refractivity (Wildman–Crippen MR) is 30.6 cm³/mol. The van der Waals surface area contributed by atoms with Crippen molar-refractivity contribution < 1.29 is 5.11 Å². The van der Waals surface area contributed by atoms with E-state index >= 15 is 0 Å². The van der Waals surface area contributed by atoms with E-state index in [0.717, 1.165) is 0 Å². The highest BCUT2D eigenvalue weighted by atomic mass is 35.5. The molecule has 3 heteroatoms. The lowest BCUT2D eigenvalue weighted by Crippen LogP contribution is -2.08. The molecule has 0 aliphatic carbocycles. The maximum absolute atomic E-state index is 8.46. The highest BCUT2D eigenvalue weighted by molar-refractivity contribution is 7.80. The first kappa shape index (κ1) is 6.60. The van der Waals surface area contributed by atoms with Crippen LogP contribution in [0.2, 0.25) is 0 Å². The van der Waals surface area contributed by atoms with Gasteiger partial charge in [0.2, 0.25) is 0 Å². The van der Waals surface area contributed by atoms with Crippen LogP contribution in [0.3, 0.4) is 0 Å². The second-order valence-corrected chi connectivity index (χ2v) is 1.66. The molecule has 0 spiro atoms. The van der Waals surface area contributed by atoms with Crippen LogP contribution in [-0.4, -0.2) is 22.8 Å². The normalized spacial score (nSPS) is 14.5. The van der Waals surface area contributed by atoms with Crippen molar-refractivity contribution in [2.45, 2.75) is 6.10 Å². The summed E-state index contributed by atoms with van der Waals surface area (Å²) in [6.07, 6.45) is -0.435. The summed E-state index contributed by atoms with van der Waals surface area (Å²) in [5.41, 5.74) is 0. The molecular formula is C3H7ClOS. The quantitative estimate of drug-likeness (QED) is 0.408. The van der Waals surface area contributed by atoms with Gasteiger partial charge < -0.3 is 5.11 Å². The molecule has 0 bridgehead atoms. The first-order chi connectivity index (χ1) is 2.81. The monoisotopic (exact) mass is 126 g/mol. The Kier molecular flexibility index (Phi) is 4.16. The largest absolute Gasteiger partial charge is 0.391 e. The summed E-state index contributed by atoms with van der Waals surface area (Å²) in [5, 5.41) is 8.46. The van der Waals surface area contributed by atoms with Crippen LogP contribution in [0.5, 0.6) is 0 Å². The van der Waals surface area contributed by atoms with Crippen LogP contribution in [0.1, 0.15) is 0 Å². The van der Waals surface area contributed by atoms with Crippen LogP contribution in [-0.2, 0) is 0 Å². The van der Waals surface area contributed by atoms with Gasteiger partial charge in [-0.25, -0.2) is 0 Å². The SMILES string of the molecule is O[C@@H](CS)CCl. The lowest BCUT2D eigenvalue weighted by atomic mass is 10.5. The third kappa shape index (κ3) is 2.82. The molecule has 0 aromatic rings. The lowest BCUT2D eigenvalue weighted by molar-refractivity contribution is 0.224. The average molecular weight is 127 g/mol. The van der Waals surface area contributed by atoms with Crippen LogP contribution >= 0.6 is 24.2 Å². The van der Waals surface area contributed by atoms with E-state index < -0.39 is 6.10 Å². The highest BCUT2D eigenvalue weighted by Crippen LogP contribution is 1.87. The van der Waals surface area contributed by atoms with Crippen molar-refractivity contribution in [3.63, 3.8) is 0 Å². The molecule has 0 aliphatic rings. The molecule has 6 heavy (non-hydrogen) atoms. The van der Waals surface area contributed by atoms with Gasteiger partial charge in [0.1, 0.15) is 0 Å². The molecule has 0 aromatic heterocycles. The fourth-order valence-electron chi connectivity index (χ4n) is 0.0488. The van der Waals surface area contributed by atoms with Gasteiger partial charge in [0.25, 0.3) is 0 Å². The van der Waals surface area contributed by atoms with Crippen LogP contribution in [0.4, 0.5) is 0 Å². The molecule has 1 atom stereocenters. The van der Waals surface area contributed by atoms with E-state index in [-0.39, 0.29) is 5.88 Å². The Bertz CT molecular complexity index is 30.0. The minimum atomic E-state index is -0.435. The molecule has 0 fully saturated rings. The Morgan fingerprint density at radius 1 is 1.83 bits per heavy atom. The molecule has 1 nitrogen and oxygen atoms in total. The summed E-state index contributed by atoms with van der Waals surface area (Å²) in [6, 6.07) is 0. The molecule has 0 unspecified atom stereocenters. The van der Waals surface area contributed by atoms with E-state index in [2.05, 4.69) is 12.6 Å². The number of rotatable bonds is 2. The molecule has 0 rings (SSSR count). The Balaban J connectivity index is 2.75. The fourth-order valence-corrected chi connectivity index (χ4v) is 0.439. The Morgan fingerprint density at radius 3 is 2.33 bits per heavy atom. The van der Waals surface area contributed by atoms with Crippen LogP contribution in [0, 0.1) is 0 Å². The number of alkyl halides is 1. The van der Waals surface area contributed by atoms with Gasteiger partial charge in [-0.1, -0.05) is 0 Å². The zero-order valence-corrected chi connectivity index (χ0v) is 4.91. The minimum absolute atomic E-state index is 0.281. The van der Waals surface area contributed by atoms with E-state index in [0.29, 0.717) is 5.75 Å². The summed E-state index contributed by atoms with van der Waals surface area (Å²) >= 11 is 8.91. The number of hydrogen-bond acceptors (Lipinski definition) is 2. The van der Waals surface area contributed by atoms with Crippen molar-refractivity contribution in [2.24, 2.45) is 0 Å². The van der Waals surface area contributed by atoms with Gasteiger partial charge in [-0.3, -0.25) is 0 Å². The third-order valence-electron chi connectivity index (χ3n) is 0.389. The number of aliphatic hydroxyl groups excluding tert-OH is 1. The summed E-state index contributed by atoms with van der Waals surface area (Å²) < 4.78 is 0. The van der Waals surface area contributed by atoms with E-state index in [1.54, 1.807) is 0 Å². The summed E-state index contributed by atoms with van der Waals surface area (Å²) in [5.74, 6) is 0.729. The first-order valence-electron chi connectivity index (χ1n) is 1.66. The minimum Gasteiger partial charge on any atom is -0.391 e.